The molecule has 0 saturated heterocycles. The minimum atomic E-state index is -3.74. The molecular formula is C23H25O4P. The highest BCUT2D eigenvalue weighted by molar-refractivity contribution is 7.57. The summed E-state index contributed by atoms with van der Waals surface area (Å²) in [5.74, 6) is -1.05. The van der Waals surface area contributed by atoms with Crippen molar-refractivity contribution in [2.75, 3.05) is 6.16 Å². The summed E-state index contributed by atoms with van der Waals surface area (Å²) >= 11 is 0. The van der Waals surface area contributed by atoms with E-state index in [2.05, 4.69) is 0 Å². The monoisotopic (exact) mass is 396 g/mol. The quantitative estimate of drug-likeness (QED) is 0.498. The zero-order chi connectivity index (χ0) is 20.2. The molecule has 0 aliphatic rings. The third-order valence-corrected chi connectivity index (χ3v) is 7.07. The second kappa shape index (κ2) is 8.30. The van der Waals surface area contributed by atoms with Crippen molar-refractivity contribution in [3.63, 3.8) is 0 Å². The first-order valence-electron chi connectivity index (χ1n) is 9.44. The summed E-state index contributed by atoms with van der Waals surface area (Å²) in [6, 6.07) is 22.2. The molecule has 0 bridgehead atoms. The predicted molar refractivity (Wildman–Crippen MR) is 113 cm³/mol. The van der Waals surface area contributed by atoms with Gasteiger partial charge < -0.3 is 10.00 Å². The summed E-state index contributed by atoms with van der Waals surface area (Å²) in [7, 11) is -3.74. The molecule has 4 nitrogen and oxygen atoms in total. The molecule has 3 aromatic carbocycles. The van der Waals surface area contributed by atoms with Crippen molar-refractivity contribution in [3.8, 4) is 0 Å². The SMILES string of the molecule is CCCC(CP(=O)(O)Cc1ccccc1)(C(=O)O)c1cccc2ccccc12. The fraction of sp³-hybridized carbons (Fsp3) is 0.261. The molecule has 0 amide bonds. The number of hydrogen-bond donors (Lipinski definition) is 2. The maximum atomic E-state index is 13.2. The third kappa shape index (κ3) is 4.19. The first kappa shape index (κ1) is 20.3. The fourth-order valence-corrected chi connectivity index (χ4v) is 6.20. The number of aliphatic carboxylic acids is 1. The fourth-order valence-electron chi connectivity index (χ4n) is 4.00. The molecule has 5 heteroatoms. The summed E-state index contributed by atoms with van der Waals surface area (Å²) in [5.41, 5.74) is -0.0568. The Hall–Kier alpha value is -2.42. The van der Waals surface area contributed by atoms with Gasteiger partial charge >= 0.3 is 5.97 Å². The van der Waals surface area contributed by atoms with E-state index in [0.29, 0.717) is 18.4 Å². The molecule has 0 fully saturated rings. The van der Waals surface area contributed by atoms with Crippen LogP contribution in [0.4, 0.5) is 0 Å². The van der Waals surface area contributed by atoms with Crippen LogP contribution in [0.5, 0.6) is 0 Å². The topological polar surface area (TPSA) is 74.6 Å². The Morgan fingerprint density at radius 1 is 0.964 bits per heavy atom. The molecule has 146 valence electrons. The molecule has 2 unspecified atom stereocenters. The molecular weight excluding hydrogens is 371 g/mol. The maximum absolute atomic E-state index is 13.2. The number of carboxylic acids is 1. The van der Waals surface area contributed by atoms with Gasteiger partial charge in [0.25, 0.3) is 0 Å². The lowest BCUT2D eigenvalue weighted by atomic mass is 9.76. The van der Waals surface area contributed by atoms with Crippen molar-refractivity contribution < 1.29 is 19.4 Å². The molecule has 0 radical (unpaired) electrons. The van der Waals surface area contributed by atoms with Crippen molar-refractivity contribution in [1.29, 1.82) is 0 Å². The van der Waals surface area contributed by atoms with Crippen molar-refractivity contribution in [2.45, 2.75) is 31.3 Å². The molecule has 0 aliphatic heterocycles. The molecule has 2 atom stereocenters. The smallest absolute Gasteiger partial charge is 0.314 e. The summed E-state index contributed by atoms with van der Waals surface area (Å²) in [4.78, 5) is 23.4. The van der Waals surface area contributed by atoms with Gasteiger partial charge in [0, 0.05) is 12.3 Å². The van der Waals surface area contributed by atoms with Gasteiger partial charge in [0.1, 0.15) is 5.41 Å². The van der Waals surface area contributed by atoms with Gasteiger partial charge in [-0.2, -0.15) is 0 Å². The summed E-state index contributed by atoms with van der Waals surface area (Å²) in [6.07, 6.45) is 0.583. The Labute approximate surface area is 165 Å². The van der Waals surface area contributed by atoms with E-state index in [0.717, 1.165) is 16.3 Å². The molecule has 2 N–H and O–H groups in total. The van der Waals surface area contributed by atoms with Crippen LogP contribution in [-0.4, -0.2) is 22.1 Å². The number of carbonyl (C=O) groups is 1. The van der Waals surface area contributed by atoms with Crippen LogP contribution in [0.25, 0.3) is 10.8 Å². The molecule has 0 aliphatic carbocycles. The van der Waals surface area contributed by atoms with Crippen molar-refractivity contribution in [1.82, 2.24) is 0 Å². The number of carboxylic acid groups (broad SMARTS) is 1. The van der Waals surface area contributed by atoms with Crippen LogP contribution in [0.1, 0.15) is 30.9 Å². The number of benzene rings is 3. The highest BCUT2D eigenvalue weighted by Crippen LogP contribution is 2.52. The van der Waals surface area contributed by atoms with Crippen LogP contribution in [-0.2, 0) is 20.9 Å². The van der Waals surface area contributed by atoms with E-state index in [-0.39, 0.29) is 12.3 Å². The molecule has 0 saturated carbocycles. The molecule has 0 spiro atoms. The second-order valence-corrected chi connectivity index (χ2v) is 9.64. The summed E-state index contributed by atoms with van der Waals surface area (Å²) < 4.78 is 13.2. The zero-order valence-electron chi connectivity index (χ0n) is 15.9. The van der Waals surface area contributed by atoms with Crippen molar-refractivity contribution in [2.24, 2.45) is 0 Å². The van der Waals surface area contributed by atoms with Gasteiger partial charge in [-0.05, 0) is 28.3 Å². The van der Waals surface area contributed by atoms with Crippen molar-refractivity contribution in [3.05, 3.63) is 83.9 Å². The zero-order valence-corrected chi connectivity index (χ0v) is 16.8. The van der Waals surface area contributed by atoms with E-state index in [1.54, 1.807) is 18.2 Å². The Balaban J connectivity index is 2.10. The molecule has 28 heavy (non-hydrogen) atoms. The van der Waals surface area contributed by atoms with Crippen molar-refractivity contribution >= 4 is 24.1 Å². The van der Waals surface area contributed by atoms with Gasteiger partial charge in [-0.15, -0.1) is 0 Å². The standard InChI is InChI=1S/C23H25O4P/c1-2-15-23(22(24)25,17-28(26,27)16-18-9-4-3-5-10-18)21-14-8-12-19-11-6-7-13-20(19)21/h3-14H,2,15-17H2,1H3,(H,24,25)(H,26,27). The first-order chi connectivity index (χ1) is 13.4. The van der Waals surface area contributed by atoms with Gasteiger partial charge in [0.2, 0.25) is 7.37 Å². The van der Waals surface area contributed by atoms with Gasteiger partial charge in [-0.3, -0.25) is 9.36 Å². The number of fused-ring (bicyclic) bond motifs is 1. The molecule has 3 aromatic rings. The van der Waals surface area contributed by atoms with Gasteiger partial charge in [-0.25, -0.2) is 0 Å². The molecule has 0 heterocycles. The Morgan fingerprint density at radius 3 is 2.29 bits per heavy atom. The van der Waals surface area contributed by atoms with E-state index in [4.69, 9.17) is 0 Å². The Kier molecular flexibility index (Phi) is 6.02. The largest absolute Gasteiger partial charge is 0.481 e. The van der Waals surface area contributed by atoms with E-state index < -0.39 is 18.8 Å². The van der Waals surface area contributed by atoms with Gasteiger partial charge in [0.05, 0.1) is 0 Å². The van der Waals surface area contributed by atoms with Crippen LogP contribution in [0.2, 0.25) is 0 Å². The molecule has 0 aromatic heterocycles. The second-order valence-electron chi connectivity index (χ2n) is 7.31. The first-order valence-corrected chi connectivity index (χ1v) is 11.5. The minimum absolute atomic E-state index is 0.0304. The average molecular weight is 396 g/mol. The predicted octanol–water partition coefficient (Wildman–Crippen LogP) is 5.43. The third-order valence-electron chi connectivity index (χ3n) is 5.18. The van der Waals surface area contributed by atoms with E-state index in [1.807, 2.05) is 61.5 Å². The normalized spacial score (nSPS) is 15.6. The van der Waals surface area contributed by atoms with Gasteiger partial charge in [-0.1, -0.05) is 86.1 Å². The van der Waals surface area contributed by atoms with E-state index >= 15 is 0 Å². The lowest BCUT2D eigenvalue weighted by Gasteiger charge is -2.32. The number of hydrogen-bond acceptors (Lipinski definition) is 2. The van der Waals surface area contributed by atoms with Crippen LogP contribution >= 0.6 is 7.37 Å². The van der Waals surface area contributed by atoms with Crippen LogP contribution < -0.4 is 0 Å². The van der Waals surface area contributed by atoms with E-state index in [1.165, 1.54) is 0 Å². The van der Waals surface area contributed by atoms with Crippen LogP contribution in [0, 0.1) is 0 Å². The maximum Gasteiger partial charge on any atom is 0.314 e. The Bertz CT molecular complexity index is 1010. The minimum Gasteiger partial charge on any atom is -0.481 e. The number of rotatable bonds is 8. The highest BCUT2D eigenvalue weighted by atomic mass is 31.2. The summed E-state index contributed by atoms with van der Waals surface area (Å²) in [5, 5.41) is 12.0. The Morgan fingerprint density at radius 2 is 1.61 bits per heavy atom. The van der Waals surface area contributed by atoms with E-state index in [9.17, 15) is 19.4 Å². The molecule has 3 rings (SSSR count). The highest BCUT2D eigenvalue weighted by Gasteiger charge is 2.45. The van der Waals surface area contributed by atoms with Crippen LogP contribution in [0.3, 0.4) is 0 Å². The lowest BCUT2D eigenvalue weighted by molar-refractivity contribution is -0.143. The average Bonchev–Trinajstić information content (AvgIpc) is 2.67. The lowest BCUT2D eigenvalue weighted by Crippen LogP contribution is -2.40. The summed E-state index contributed by atoms with van der Waals surface area (Å²) in [6.45, 7) is 1.91. The van der Waals surface area contributed by atoms with Gasteiger partial charge in [0.15, 0.2) is 0 Å². The van der Waals surface area contributed by atoms with Crippen LogP contribution in [0.15, 0.2) is 72.8 Å².